The van der Waals surface area contributed by atoms with Gasteiger partial charge in [0.2, 0.25) is 0 Å². The number of hydrogen-bond acceptors (Lipinski definition) is 12. The Morgan fingerprint density at radius 3 is 3.00 bits per heavy atom. The Morgan fingerprint density at radius 1 is 1.42 bits per heavy atom. The monoisotopic (exact) mass is 514 g/mol. The normalized spacial score (nSPS) is 38.8. The number of ether oxygens (including phenoxy) is 2. The molecule has 3 aliphatic heterocycles. The SMILES string of the molecule is C#CCO[C@H]1CSSCC1OP1(=O)OCC2O[C@@H](n3ccc4c(N)ncnc43)[C@](C)(O)[C@@H]2O1. The van der Waals surface area contributed by atoms with Crippen LogP contribution in [0.25, 0.3) is 11.0 Å². The van der Waals surface area contributed by atoms with Gasteiger partial charge in [-0.05, 0) is 13.0 Å². The summed E-state index contributed by atoms with van der Waals surface area (Å²) in [7, 11) is -0.810. The minimum absolute atomic E-state index is 0.0740. The van der Waals surface area contributed by atoms with Crippen molar-refractivity contribution in [2.45, 2.75) is 43.2 Å². The van der Waals surface area contributed by atoms with Crippen LogP contribution in [0.1, 0.15) is 13.2 Å². The second kappa shape index (κ2) is 9.03. The van der Waals surface area contributed by atoms with Crippen molar-refractivity contribution in [2.75, 3.05) is 30.5 Å². The fourth-order valence-corrected chi connectivity index (χ4v) is 8.34. The first kappa shape index (κ1) is 23.4. The minimum Gasteiger partial charge on any atom is -0.383 e. The fraction of sp³-hybridized carbons (Fsp3) is 0.579. The van der Waals surface area contributed by atoms with Crippen LogP contribution in [0.3, 0.4) is 0 Å². The van der Waals surface area contributed by atoms with E-state index in [2.05, 4.69) is 15.9 Å². The molecule has 33 heavy (non-hydrogen) atoms. The van der Waals surface area contributed by atoms with Crippen LogP contribution in [0.15, 0.2) is 18.6 Å². The molecule has 0 amide bonds. The van der Waals surface area contributed by atoms with Crippen LogP contribution < -0.4 is 5.73 Å². The third-order valence-corrected chi connectivity index (χ3v) is 9.65. The molecular formula is C19H23N4O7PS2. The zero-order valence-electron chi connectivity index (χ0n) is 17.6. The Hall–Kier alpha value is -1.33. The van der Waals surface area contributed by atoms with Gasteiger partial charge in [0, 0.05) is 17.7 Å². The quantitative estimate of drug-likeness (QED) is 0.342. The van der Waals surface area contributed by atoms with Gasteiger partial charge in [0.15, 0.2) is 6.23 Å². The Labute approximate surface area is 198 Å². The maximum Gasteiger partial charge on any atom is 0.475 e. The first-order chi connectivity index (χ1) is 15.8. The molecule has 0 bridgehead atoms. The molecule has 178 valence electrons. The Kier molecular flexibility index (Phi) is 6.41. The summed E-state index contributed by atoms with van der Waals surface area (Å²) in [6.07, 6.45) is 4.92. The van der Waals surface area contributed by atoms with Crippen molar-refractivity contribution in [3.05, 3.63) is 18.6 Å². The third kappa shape index (κ3) is 4.29. The largest absolute Gasteiger partial charge is 0.475 e. The molecule has 5 rings (SSSR count). The highest BCUT2D eigenvalue weighted by Gasteiger charge is 2.60. The lowest BCUT2D eigenvalue weighted by Gasteiger charge is -2.38. The Balaban J connectivity index is 1.36. The van der Waals surface area contributed by atoms with E-state index in [-0.39, 0.29) is 19.3 Å². The zero-order chi connectivity index (χ0) is 23.2. The molecule has 3 saturated heterocycles. The summed E-state index contributed by atoms with van der Waals surface area (Å²) in [4.78, 5) is 8.25. The number of anilines is 1. The number of hydrogen-bond donors (Lipinski definition) is 2. The average Bonchev–Trinajstić information content (AvgIpc) is 3.32. The number of aliphatic hydroxyl groups is 1. The van der Waals surface area contributed by atoms with Crippen molar-refractivity contribution >= 4 is 46.3 Å². The molecular weight excluding hydrogens is 491 g/mol. The molecule has 11 nitrogen and oxygen atoms in total. The Morgan fingerprint density at radius 2 is 2.21 bits per heavy atom. The summed E-state index contributed by atoms with van der Waals surface area (Å²) >= 11 is 0. The molecule has 14 heteroatoms. The van der Waals surface area contributed by atoms with E-state index in [0.29, 0.717) is 28.4 Å². The molecule has 0 radical (unpaired) electrons. The number of aromatic nitrogens is 3. The first-order valence-corrected chi connectivity index (χ1v) is 14.1. The van der Waals surface area contributed by atoms with Gasteiger partial charge in [-0.3, -0.25) is 13.6 Å². The lowest BCUT2D eigenvalue weighted by Crippen LogP contribution is -2.48. The van der Waals surface area contributed by atoms with Crippen molar-refractivity contribution in [2.24, 2.45) is 0 Å². The first-order valence-electron chi connectivity index (χ1n) is 10.2. The molecule has 0 aliphatic carbocycles. The smallest absolute Gasteiger partial charge is 0.383 e. The van der Waals surface area contributed by atoms with Crippen LogP contribution in [0, 0.1) is 12.3 Å². The van der Waals surface area contributed by atoms with E-state index in [1.54, 1.807) is 45.3 Å². The number of phosphoric ester groups is 1. The standard InChI is InChI=1S/C19H23N4O7PS2/c1-3-6-26-13-8-32-33-9-14(13)29-31(25)27-7-12-15(30-31)19(2,24)18(28-12)23-5-4-11-16(20)21-10-22-17(11)23/h1,4-5,10,12-15,18,24H,6-9H2,2H3,(H2,20,21,22)/t12?,13-,14?,15+,18+,19+,31?/m0/s1. The van der Waals surface area contributed by atoms with Crippen molar-refractivity contribution in [1.82, 2.24) is 14.5 Å². The highest BCUT2D eigenvalue weighted by atomic mass is 33.1. The lowest BCUT2D eigenvalue weighted by atomic mass is 9.96. The predicted octanol–water partition coefficient (Wildman–Crippen LogP) is 1.98. The van der Waals surface area contributed by atoms with E-state index in [9.17, 15) is 9.67 Å². The van der Waals surface area contributed by atoms with E-state index in [1.165, 1.54) is 6.33 Å². The van der Waals surface area contributed by atoms with Crippen molar-refractivity contribution in [3.63, 3.8) is 0 Å². The third-order valence-electron chi connectivity index (χ3n) is 5.76. The summed E-state index contributed by atoms with van der Waals surface area (Å²) < 4.78 is 43.9. The second-order valence-corrected chi connectivity index (χ2v) is 12.1. The van der Waals surface area contributed by atoms with Crippen LogP contribution in [-0.4, -0.2) is 74.4 Å². The molecule has 3 aliphatic rings. The number of fused-ring (bicyclic) bond motifs is 2. The maximum absolute atomic E-state index is 13.4. The summed E-state index contributed by atoms with van der Waals surface area (Å²) in [6.45, 7) is 1.60. The van der Waals surface area contributed by atoms with Gasteiger partial charge in [0.25, 0.3) is 0 Å². The molecule has 3 fully saturated rings. The number of phosphoric acid groups is 1. The molecule has 2 aromatic heterocycles. The fourth-order valence-electron chi connectivity index (χ4n) is 4.13. The molecule has 0 saturated carbocycles. The average molecular weight is 515 g/mol. The van der Waals surface area contributed by atoms with Crippen molar-refractivity contribution < 1.29 is 32.7 Å². The molecule has 5 heterocycles. The van der Waals surface area contributed by atoms with Gasteiger partial charge in [0.1, 0.15) is 48.3 Å². The van der Waals surface area contributed by atoms with Crippen LogP contribution in [0.2, 0.25) is 0 Å². The highest BCUT2D eigenvalue weighted by Crippen LogP contribution is 2.60. The summed E-state index contributed by atoms with van der Waals surface area (Å²) in [5.41, 5.74) is 4.85. The van der Waals surface area contributed by atoms with Crippen molar-refractivity contribution in [1.29, 1.82) is 0 Å². The van der Waals surface area contributed by atoms with E-state index in [4.69, 9.17) is 35.2 Å². The number of nitrogen functional groups attached to an aromatic ring is 1. The van der Waals surface area contributed by atoms with Gasteiger partial charge in [-0.25, -0.2) is 14.5 Å². The van der Waals surface area contributed by atoms with Crippen molar-refractivity contribution in [3.8, 4) is 12.3 Å². The number of nitrogens with two attached hydrogens (primary N) is 1. The van der Waals surface area contributed by atoms with Gasteiger partial charge in [-0.1, -0.05) is 27.5 Å². The summed E-state index contributed by atoms with van der Waals surface area (Å²) in [6, 6.07) is 1.74. The topological polar surface area (TPSA) is 140 Å². The number of nitrogens with zero attached hydrogens (tertiary/aromatic N) is 3. The van der Waals surface area contributed by atoms with Gasteiger partial charge in [-0.2, -0.15) is 0 Å². The van der Waals surface area contributed by atoms with E-state index < -0.39 is 38.0 Å². The predicted molar refractivity (Wildman–Crippen MR) is 123 cm³/mol. The van der Waals surface area contributed by atoms with Crippen LogP contribution in [-0.2, 0) is 27.6 Å². The highest BCUT2D eigenvalue weighted by molar-refractivity contribution is 8.76. The van der Waals surface area contributed by atoms with Gasteiger partial charge in [-0.15, -0.1) is 6.42 Å². The molecule has 7 atom stereocenters. The van der Waals surface area contributed by atoms with E-state index in [1.807, 2.05) is 0 Å². The number of terminal acetylenes is 1. The summed E-state index contributed by atoms with van der Waals surface area (Å²) in [5, 5.41) is 12.1. The second-order valence-electron chi connectivity index (χ2n) is 8.01. The number of rotatable bonds is 5. The Bertz CT molecular complexity index is 1130. The molecule has 3 N–H and O–H groups in total. The maximum atomic E-state index is 13.4. The molecule has 2 aromatic rings. The molecule has 3 unspecified atom stereocenters. The van der Waals surface area contributed by atoms with Crippen LogP contribution >= 0.6 is 29.4 Å². The zero-order valence-corrected chi connectivity index (χ0v) is 20.1. The van der Waals surface area contributed by atoms with E-state index >= 15 is 0 Å². The van der Waals surface area contributed by atoms with Crippen LogP contribution in [0.5, 0.6) is 0 Å². The molecule has 0 spiro atoms. The summed E-state index contributed by atoms with van der Waals surface area (Å²) in [5.74, 6) is 3.89. The van der Waals surface area contributed by atoms with Gasteiger partial charge < -0.3 is 24.9 Å². The minimum atomic E-state index is -4.01. The van der Waals surface area contributed by atoms with Gasteiger partial charge >= 0.3 is 7.82 Å². The van der Waals surface area contributed by atoms with Gasteiger partial charge in [0.05, 0.1) is 18.1 Å². The van der Waals surface area contributed by atoms with Crippen LogP contribution in [0.4, 0.5) is 5.82 Å². The molecule has 0 aromatic carbocycles. The lowest BCUT2D eigenvalue weighted by molar-refractivity contribution is -0.0954. The van der Waals surface area contributed by atoms with E-state index in [0.717, 1.165) is 0 Å².